The molecule has 1 saturated heterocycles. The molecule has 0 unspecified atom stereocenters. The van der Waals surface area contributed by atoms with E-state index in [9.17, 15) is 14.4 Å². The summed E-state index contributed by atoms with van der Waals surface area (Å²) in [5.74, 6) is 1.07. The molecule has 0 spiro atoms. The van der Waals surface area contributed by atoms with E-state index < -0.39 is 11.2 Å². The predicted molar refractivity (Wildman–Crippen MR) is 133 cm³/mol. The molecule has 0 aliphatic carbocycles. The Balaban J connectivity index is 1.63. The second-order valence-electron chi connectivity index (χ2n) is 9.63. The third kappa shape index (κ3) is 4.86. The number of fused-ring (bicyclic) bond motifs is 1. The molecule has 4 rings (SSSR count). The summed E-state index contributed by atoms with van der Waals surface area (Å²) in [6.07, 6.45) is 4.47. The minimum Gasteiger partial charge on any atom is -0.336 e. The van der Waals surface area contributed by atoms with Crippen LogP contribution in [0.4, 0.5) is 0 Å². The third-order valence-electron chi connectivity index (χ3n) is 6.57. The van der Waals surface area contributed by atoms with Crippen molar-refractivity contribution in [2.24, 2.45) is 5.92 Å². The maximum absolute atomic E-state index is 13.2. The van der Waals surface area contributed by atoms with Crippen molar-refractivity contribution in [3.63, 3.8) is 0 Å². The number of amides is 1. The van der Waals surface area contributed by atoms with E-state index in [1.807, 2.05) is 27.7 Å². The summed E-state index contributed by atoms with van der Waals surface area (Å²) < 4.78 is 3.47. The molecule has 0 saturated carbocycles. The van der Waals surface area contributed by atoms with E-state index in [1.54, 1.807) is 4.57 Å². The van der Waals surface area contributed by atoms with Crippen LogP contribution in [-0.4, -0.2) is 36.5 Å². The Morgan fingerprint density at radius 1 is 1.18 bits per heavy atom. The first-order chi connectivity index (χ1) is 16.4. The molecule has 0 radical (unpaired) electrons. The molecule has 1 aliphatic heterocycles. The summed E-state index contributed by atoms with van der Waals surface area (Å²) in [4.78, 5) is 47.7. The average molecular weight is 466 g/mol. The van der Waals surface area contributed by atoms with Gasteiger partial charge in [-0.3, -0.25) is 19.1 Å². The topological polar surface area (TPSA) is 93.0 Å². The summed E-state index contributed by atoms with van der Waals surface area (Å²) in [5, 5.41) is 0. The Morgan fingerprint density at radius 3 is 2.65 bits per heavy atom. The first-order valence-corrected chi connectivity index (χ1v) is 12.5. The van der Waals surface area contributed by atoms with Crippen LogP contribution in [-0.2, 0) is 24.3 Å². The molecule has 8 heteroatoms. The summed E-state index contributed by atoms with van der Waals surface area (Å²) in [6.45, 7) is 8.09. The van der Waals surface area contributed by atoms with Crippen molar-refractivity contribution >= 4 is 17.1 Å². The number of imidazole rings is 1. The first kappa shape index (κ1) is 24.0. The molecule has 34 heavy (non-hydrogen) atoms. The lowest BCUT2D eigenvalue weighted by Crippen LogP contribution is -2.31. The van der Waals surface area contributed by atoms with Gasteiger partial charge in [0, 0.05) is 32.5 Å². The van der Waals surface area contributed by atoms with E-state index >= 15 is 0 Å². The maximum atomic E-state index is 13.2. The molecule has 2 aromatic heterocycles. The quantitative estimate of drug-likeness (QED) is 0.522. The fraction of sp³-hybridized carbons (Fsp3) is 0.538. The van der Waals surface area contributed by atoms with Crippen molar-refractivity contribution in [1.82, 2.24) is 24.0 Å². The van der Waals surface area contributed by atoms with Crippen LogP contribution in [0.15, 0.2) is 39.9 Å². The van der Waals surface area contributed by atoms with Gasteiger partial charge >= 0.3 is 5.69 Å². The molecule has 1 aliphatic rings. The molecule has 3 heterocycles. The number of nitrogens with zero attached hydrogens (tertiary/aromatic N) is 4. The number of benzene rings is 1. The number of H-pyrrole nitrogens is 1. The monoisotopic (exact) mass is 465 g/mol. The predicted octanol–water partition coefficient (Wildman–Crippen LogP) is 3.64. The summed E-state index contributed by atoms with van der Waals surface area (Å²) >= 11 is 0. The van der Waals surface area contributed by atoms with Crippen LogP contribution in [0.25, 0.3) is 11.2 Å². The van der Waals surface area contributed by atoms with E-state index in [2.05, 4.69) is 37.9 Å². The Kier molecular flexibility index (Phi) is 7.34. The number of rotatable bonds is 9. The maximum Gasteiger partial charge on any atom is 0.330 e. The van der Waals surface area contributed by atoms with Crippen LogP contribution in [0.2, 0.25) is 0 Å². The highest BCUT2D eigenvalue weighted by Crippen LogP contribution is 2.32. The fourth-order valence-electron chi connectivity index (χ4n) is 4.94. The number of nitrogens with one attached hydrogen (secondary N) is 1. The van der Waals surface area contributed by atoms with Gasteiger partial charge in [0.1, 0.15) is 5.82 Å². The normalized spacial score (nSPS) is 16.1. The van der Waals surface area contributed by atoms with Crippen LogP contribution >= 0.6 is 0 Å². The van der Waals surface area contributed by atoms with Gasteiger partial charge in [-0.2, -0.15) is 0 Å². The molecule has 0 bridgehead atoms. The van der Waals surface area contributed by atoms with E-state index in [4.69, 9.17) is 4.98 Å². The smallest absolute Gasteiger partial charge is 0.330 e. The second-order valence-corrected chi connectivity index (χ2v) is 9.63. The lowest BCUT2D eigenvalue weighted by Gasteiger charge is -2.25. The lowest BCUT2D eigenvalue weighted by molar-refractivity contribution is -0.132. The zero-order valence-electron chi connectivity index (χ0n) is 20.4. The molecule has 1 fully saturated rings. The van der Waals surface area contributed by atoms with Gasteiger partial charge in [0.15, 0.2) is 11.2 Å². The number of hydrogen-bond donors (Lipinski definition) is 1. The Hall–Kier alpha value is -3.16. The molecule has 3 aromatic rings. The average Bonchev–Trinajstić information content (AvgIpc) is 3.43. The number of unbranched alkanes of at least 4 members (excludes halogenated alkanes) is 1. The highest BCUT2D eigenvalue weighted by molar-refractivity contribution is 5.77. The number of aryl methyl sites for hydroxylation is 2. The fourth-order valence-corrected chi connectivity index (χ4v) is 4.94. The minimum atomic E-state index is -0.425. The van der Waals surface area contributed by atoms with Gasteiger partial charge in [-0.25, -0.2) is 9.78 Å². The minimum absolute atomic E-state index is 0.104. The summed E-state index contributed by atoms with van der Waals surface area (Å²) in [6, 6.07) is 10.3. The van der Waals surface area contributed by atoms with E-state index in [0.717, 1.165) is 32.2 Å². The number of aromatic amines is 1. The van der Waals surface area contributed by atoms with E-state index in [0.29, 0.717) is 42.9 Å². The molecular weight excluding hydrogens is 430 g/mol. The van der Waals surface area contributed by atoms with Crippen LogP contribution < -0.4 is 11.2 Å². The number of hydrogen-bond acceptors (Lipinski definition) is 4. The van der Waals surface area contributed by atoms with Gasteiger partial charge in [0.2, 0.25) is 5.91 Å². The molecule has 8 nitrogen and oxygen atoms in total. The number of likely N-dealkylation sites (tertiary alicyclic amines) is 1. The van der Waals surface area contributed by atoms with Crippen molar-refractivity contribution in [3.8, 4) is 0 Å². The number of carbonyl (C=O) groups excluding carboxylic acids is 1. The molecule has 1 aromatic carbocycles. The number of aromatic nitrogens is 4. The van der Waals surface area contributed by atoms with Gasteiger partial charge in [-0.15, -0.1) is 0 Å². The highest BCUT2D eigenvalue weighted by Gasteiger charge is 2.30. The van der Waals surface area contributed by atoms with Crippen molar-refractivity contribution in [2.45, 2.75) is 78.4 Å². The second kappa shape index (κ2) is 10.4. The zero-order chi connectivity index (χ0) is 24.2. The highest BCUT2D eigenvalue weighted by atomic mass is 16.2. The molecule has 1 amide bonds. The Morgan fingerprint density at radius 2 is 1.94 bits per heavy atom. The van der Waals surface area contributed by atoms with Crippen LogP contribution in [0.3, 0.4) is 0 Å². The largest absolute Gasteiger partial charge is 0.336 e. The van der Waals surface area contributed by atoms with Gasteiger partial charge in [-0.05, 0) is 30.7 Å². The van der Waals surface area contributed by atoms with Crippen LogP contribution in [0.5, 0.6) is 0 Å². The van der Waals surface area contributed by atoms with Crippen LogP contribution in [0.1, 0.15) is 70.3 Å². The molecule has 1 atom stereocenters. The number of carbonyl (C=O) groups is 1. The van der Waals surface area contributed by atoms with Gasteiger partial charge in [-0.1, -0.05) is 57.5 Å². The molecule has 1 N–H and O–H groups in total. The molecule has 182 valence electrons. The standard InChI is InChI=1S/C26H35N5O3/c1-4-5-15-30-24-23(25(33)28-26(30)34)31(17-18(2)3)21(27-24)13-14-22(32)29-16-9-12-20(29)19-10-7-6-8-11-19/h6-8,10-11,18,20H,4-5,9,12-17H2,1-3H3,(H,28,33,34)/t20-/m0/s1. The Labute approximate surface area is 199 Å². The molecular formula is C26H35N5O3. The van der Waals surface area contributed by atoms with Gasteiger partial charge in [0.05, 0.1) is 6.04 Å². The van der Waals surface area contributed by atoms with Crippen LogP contribution in [0, 0.1) is 5.92 Å². The zero-order valence-corrected chi connectivity index (χ0v) is 20.4. The summed E-state index contributed by atoms with van der Waals surface area (Å²) in [7, 11) is 0. The van der Waals surface area contributed by atoms with Gasteiger partial charge in [0.25, 0.3) is 5.56 Å². The van der Waals surface area contributed by atoms with Gasteiger partial charge < -0.3 is 9.47 Å². The lowest BCUT2D eigenvalue weighted by atomic mass is 10.0. The summed E-state index contributed by atoms with van der Waals surface area (Å²) in [5.41, 5.74) is 1.18. The van der Waals surface area contributed by atoms with E-state index in [-0.39, 0.29) is 17.9 Å². The van der Waals surface area contributed by atoms with Crippen molar-refractivity contribution in [2.75, 3.05) is 6.54 Å². The van der Waals surface area contributed by atoms with Crippen molar-refractivity contribution in [3.05, 3.63) is 62.6 Å². The third-order valence-corrected chi connectivity index (χ3v) is 6.57. The van der Waals surface area contributed by atoms with Crippen molar-refractivity contribution in [1.29, 1.82) is 0 Å². The SMILES string of the molecule is CCCCn1c(=O)[nH]c(=O)c2c1nc(CCC(=O)N1CCC[C@H]1c1ccccc1)n2CC(C)C. The van der Waals surface area contributed by atoms with Crippen molar-refractivity contribution < 1.29 is 4.79 Å². The Bertz CT molecular complexity index is 1260. The first-order valence-electron chi connectivity index (χ1n) is 12.5. The van der Waals surface area contributed by atoms with E-state index in [1.165, 1.54) is 5.56 Å².